The molecule has 0 amide bonds. The first kappa shape index (κ1) is 12.8. The molecule has 0 aliphatic carbocycles. The Kier molecular flexibility index (Phi) is 4.10. The van der Waals surface area contributed by atoms with Gasteiger partial charge in [-0.15, -0.1) is 11.3 Å². The van der Waals surface area contributed by atoms with Crippen LogP contribution in [0.4, 0.5) is 0 Å². The summed E-state index contributed by atoms with van der Waals surface area (Å²) in [6.45, 7) is 4.42. The summed E-state index contributed by atoms with van der Waals surface area (Å²) in [4.78, 5) is 15.8. The number of carbonyl (C=O) groups is 1. The van der Waals surface area contributed by atoms with Crippen LogP contribution >= 0.6 is 11.3 Å². The van der Waals surface area contributed by atoms with Crippen LogP contribution < -0.4 is 4.74 Å². The first-order valence-electron chi connectivity index (χ1n) is 5.86. The van der Waals surface area contributed by atoms with Gasteiger partial charge in [-0.05, 0) is 31.0 Å². The van der Waals surface area contributed by atoms with Crippen molar-refractivity contribution in [2.75, 3.05) is 0 Å². The zero-order chi connectivity index (χ0) is 13.0. The molecule has 0 radical (unpaired) electrons. The van der Waals surface area contributed by atoms with Gasteiger partial charge < -0.3 is 4.74 Å². The number of rotatable bonds is 5. The maximum Gasteiger partial charge on any atom is 0.169 e. The van der Waals surface area contributed by atoms with Gasteiger partial charge in [0.2, 0.25) is 0 Å². The highest BCUT2D eigenvalue weighted by Gasteiger charge is 2.07. The monoisotopic (exact) mass is 261 g/mol. The minimum absolute atomic E-state index is 0.408. The Labute approximate surface area is 110 Å². The van der Waals surface area contributed by atoms with E-state index in [1.54, 1.807) is 0 Å². The Balaban J connectivity index is 1.99. The second-order valence-corrected chi connectivity index (χ2v) is 5.24. The average molecular weight is 261 g/mol. The predicted octanol–water partition coefficient (Wildman–Crippen LogP) is 3.41. The largest absolute Gasteiger partial charge is 0.486 e. The summed E-state index contributed by atoms with van der Waals surface area (Å²) in [5, 5.41) is 0.828. The maximum absolute atomic E-state index is 10.7. The molecular weight excluding hydrogens is 246 g/mol. The molecule has 0 fully saturated rings. The van der Waals surface area contributed by atoms with Crippen LogP contribution in [0, 0.1) is 6.92 Å². The first-order valence-corrected chi connectivity index (χ1v) is 6.67. The lowest BCUT2D eigenvalue weighted by atomic mass is 10.2. The van der Waals surface area contributed by atoms with Crippen LogP contribution in [0.25, 0.3) is 0 Å². The zero-order valence-electron chi connectivity index (χ0n) is 10.5. The van der Waals surface area contributed by atoms with Crippen molar-refractivity contribution in [1.82, 2.24) is 4.98 Å². The fourth-order valence-electron chi connectivity index (χ4n) is 1.60. The van der Waals surface area contributed by atoms with E-state index in [4.69, 9.17) is 4.74 Å². The lowest BCUT2D eigenvalue weighted by Gasteiger charge is -2.04. The van der Waals surface area contributed by atoms with E-state index >= 15 is 0 Å². The molecule has 0 saturated carbocycles. The third kappa shape index (κ3) is 2.96. The molecule has 2 aromatic rings. The van der Waals surface area contributed by atoms with E-state index in [0.717, 1.165) is 28.3 Å². The van der Waals surface area contributed by atoms with E-state index in [2.05, 4.69) is 24.0 Å². The second-order valence-electron chi connectivity index (χ2n) is 3.95. The minimum atomic E-state index is 0.408. The van der Waals surface area contributed by atoms with Crippen molar-refractivity contribution in [2.45, 2.75) is 26.9 Å². The topological polar surface area (TPSA) is 39.2 Å². The standard InChI is InChI=1S/C14H15NO2S/c1-3-11-4-6-12(7-5-11)17-9-14-15-13(8-16)10(2)18-14/h4-8H,3,9H2,1-2H3. The summed E-state index contributed by atoms with van der Waals surface area (Å²) in [5.41, 5.74) is 1.80. The number of aromatic nitrogens is 1. The number of aryl methyl sites for hydroxylation is 2. The first-order chi connectivity index (χ1) is 8.72. The van der Waals surface area contributed by atoms with Crippen molar-refractivity contribution >= 4 is 17.6 Å². The fraction of sp³-hybridized carbons (Fsp3) is 0.286. The summed E-state index contributed by atoms with van der Waals surface area (Å²) in [7, 11) is 0. The molecule has 0 saturated heterocycles. The molecule has 1 aromatic heterocycles. The lowest BCUT2D eigenvalue weighted by Crippen LogP contribution is -1.95. The molecule has 0 unspecified atom stereocenters. The van der Waals surface area contributed by atoms with Crippen molar-refractivity contribution in [3.63, 3.8) is 0 Å². The van der Waals surface area contributed by atoms with Gasteiger partial charge in [-0.3, -0.25) is 4.79 Å². The average Bonchev–Trinajstić information content (AvgIpc) is 2.77. The van der Waals surface area contributed by atoms with Gasteiger partial charge in [0.25, 0.3) is 0 Å². The molecule has 4 heteroatoms. The number of aldehydes is 1. The van der Waals surface area contributed by atoms with Crippen LogP contribution in [0.15, 0.2) is 24.3 Å². The molecule has 2 rings (SSSR count). The molecule has 94 valence electrons. The molecule has 0 aliphatic rings. The molecule has 1 aromatic carbocycles. The number of benzene rings is 1. The molecule has 0 N–H and O–H groups in total. The fourth-order valence-corrected chi connectivity index (χ4v) is 2.42. The number of hydrogen-bond acceptors (Lipinski definition) is 4. The normalized spacial score (nSPS) is 10.3. The summed E-state index contributed by atoms with van der Waals surface area (Å²) in [6, 6.07) is 8.03. The molecule has 3 nitrogen and oxygen atoms in total. The third-order valence-corrected chi connectivity index (χ3v) is 3.64. The molecule has 0 bridgehead atoms. The van der Waals surface area contributed by atoms with Crippen LogP contribution in [0.2, 0.25) is 0 Å². The van der Waals surface area contributed by atoms with E-state index in [0.29, 0.717) is 12.3 Å². The van der Waals surface area contributed by atoms with Crippen molar-refractivity contribution in [3.8, 4) is 5.75 Å². The summed E-state index contributed by atoms with van der Waals surface area (Å²) >= 11 is 1.50. The smallest absolute Gasteiger partial charge is 0.169 e. The number of nitrogens with zero attached hydrogens (tertiary/aromatic N) is 1. The van der Waals surface area contributed by atoms with E-state index in [1.807, 2.05) is 19.1 Å². The summed E-state index contributed by atoms with van der Waals surface area (Å²) in [6.07, 6.45) is 1.81. The van der Waals surface area contributed by atoms with Crippen LogP contribution in [0.5, 0.6) is 5.75 Å². The van der Waals surface area contributed by atoms with Crippen molar-refractivity contribution < 1.29 is 9.53 Å². The number of thiazole rings is 1. The van der Waals surface area contributed by atoms with E-state index in [1.165, 1.54) is 16.9 Å². The molecule has 0 aliphatic heterocycles. The molecule has 18 heavy (non-hydrogen) atoms. The van der Waals surface area contributed by atoms with Gasteiger partial charge >= 0.3 is 0 Å². The third-order valence-electron chi connectivity index (χ3n) is 2.68. The van der Waals surface area contributed by atoms with Crippen LogP contribution in [0.1, 0.15) is 32.9 Å². The molecule has 0 atom stereocenters. The Morgan fingerprint density at radius 3 is 2.61 bits per heavy atom. The summed E-state index contributed by atoms with van der Waals surface area (Å²) < 4.78 is 5.64. The van der Waals surface area contributed by atoms with E-state index in [-0.39, 0.29) is 0 Å². The maximum atomic E-state index is 10.7. The number of ether oxygens (including phenoxy) is 1. The van der Waals surface area contributed by atoms with Gasteiger partial charge in [0.1, 0.15) is 23.1 Å². The quantitative estimate of drug-likeness (QED) is 0.774. The van der Waals surface area contributed by atoms with Crippen molar-refractivity contribution in [2.24, 2.45) is 0 Å². The molecular formula is C14H15NO2S. The molecule has 1 heterocycles. The van der Waals surface area contributed by atoms with E-state index in [9.17, 15) is 4.79 Å². The van der Waals surface area contributed by atoms with Gasteiger partial charge in [-0.2, -0.15) is 0 Å². The van der Waals surface area contributed by atoms with Gasteiger partial charge in [0, 0.05) is 4.88 Å². The Hall–Kier alpha value is -1.68. The zero-order valence-corrected chi connectivity index (χ0v) is 11.3. The van der Waals surface area contributed by atoms with Crippen LogP contribution in [-0.2, 0) is 13.0 Å². The van der Waals surface area contributed by atoms with Gasteiger partial charge in [-0.25, -0.2) is 4.98 Å². The highest BCUT2D eigenvalue weighted by molar-refractivity contribution is 7.11. The second kappa shape index (κ2) is 5.78. The Morgan fingerprint density at radius 2 is 2.06 bits per heavy atom. The highest BCUT2D eigenvalue weighted by atomic mass is 32.1. The Morgan fingerprint density at radius 1 is 1.33 bits per heavy atom. The van der Waals surface area contributed by atoms with Crippen LogP contribution in [0.3, 0.4) is 0 Å². The minimum Gasteiger partial charge on any atom is -0.486 e. The van der Waals surface area contributed by atoms with Crippen LogP contribution in [-0.4, -0.2) is 11.3 Å². The van der Waals surface area contributed by atoms with Gasteiger partial charge in [-0.1, -0.05) is 19.1 Å². The molecule has 0 spiro atoms. The Bertz CT molecular complexity index is 531. The van der Waals surface area contributed by atoms with Gasteiger partial charge in [0.05, 0.1) is 0 Å². The SMILES string of the molecule is CCc1ccc(OCc2nc(C=O)c(C)s2)cc1. The van der Waals surface area contributed by atoms with Gasteiger partial charge in [0.15, 0.2) is 6.29 Å². The number of hydrogen-bond donors (Lipinski definition) is 0. The number of carbonyl (C=O) groups excluding carboxylic acids is 1. The predicted molar refractivity (Wildman–Crippen MR) is 72.4 cm³/mol. The lowest BCUT2D eigenvalue weighted by molar-refractivity contribution is 0.111. The van der Waals surface area contributed by atoms with Crippen molar-refractivity contribution in [1.29, 1.82) is 0 Å². The van der Waals surface area contributed by atoms with Crippen molar-refractivity contribution in [3.05, 3.63) is 45.4 Å². The highest BCUT2D eigenvalue weighted by Crippen LogP contribution is 2.19. The van der Waals surface area contributed by atoms with E-state index < -0.39 is 0 Å². The summed E-state index contributed by atoms with van der Waals surface area (Å²) in [5.74, 6) is 0.827.